The van der Waals surface area contributed by atoms with Gasteiger partial charge in [0.2, 0.25) is 5.91 Å². The van der Waals surface area contributed by atoms with Crippen LogP contribution < -0.4 is 0 Å². The van der Waals surface area contributed by atoms with Crippen LogP contribution in [0.4, 0.5) is 13.2 Å². The Morgan fingerprint density at radius 2 is 1.67 bits per heavy atom. The third-order valence-corrected chi connectivity index (χ3v) is 3.12. The summed E-state index contributed by atoms with van der Waals surface area (Å²) in [7, 11) is 0. The molecule has 1 aromatic carbocycles. The van der Waals surface area contributed by atoms with E-state index in [-0.39, 0.29) is 5.56 Å². The second kappa shape index (κ2) is 5.00. The van der Waals surface area contributed by atoms with E-state index in [1.807, 2.05) is 0 Å². The molecule has 1 unspecified atom stereocenters. The molecular formula is C13H14F3NO. The summed E-state index contributed by atoms with van der Waals surface area (Å²) in [6.45, 7) is 0.858. The molecule has 1 saturated heterocycles. The van der Waals surface area contributed by atoms with Crippen LogP contribution in [0.5, 0.6) is 0 Å². The van der Waals surface area contributed by atoms with Crippen LogP contribution in [0.1, 0.15) is 24.3 Å². The number of amides is 1. The summed E-state index contributed by atoms with van der Waals surface area (Å²) in [4.78, 5) is 13.3. The first-order chi connectivity index (χ1) is 8.50. The Morgan fingerprint density at radius 1 is 1.11 bits per heavy atom. The monoisotopic (exact) mass is 257 g/mol. The molecule has 1 fully saturated rings. The molecule has 2 nitrogen and oxygen atoms in total. The predicted octanol–water partition coefficient (Wildman–Crippen LogP) is 2.95. The average molecular weight is 257 g/mol. The molecule has 0 aliphatic carbocycles. The van der Waals surface area contributed by atoms with Crippen molar-refractivity contribution in [1.82, 2.24) is 4.90 Å². The number of alkyl halides is 3. The number of nitrogens with zero attached hydrogens (tertiary/aromatic N) is 1. The van der Waals surface area contributed by atoms with Crippen molar-refractivity contribution in [3.63, 3.8) is 0 Å². The van der Waals surface area contributed by atoms with Gasteiger partial charge in [0.15, 0.2) is 5.92 Å². The first-order valence-electron chi connectivity index (χ1n) is 5.90. The molecular weight excluding hydrogens is 243 g/mol. The maximum absolute atomic E-state index is 13.1. The summed E-state index contributed by atoms with van der Waals surface area (Å²) in [5, 5.41) is 0. The Hall–Kier alpha value is -1.52. The van der Waals surface area contributed by atoms with Crippen LogP contribution in [0.25, 0.3) is 0 Å². The molecule has 0 N–H and O–H groups in total. The van der Waals surface area contributed by atoms with Crippen molar-refractivity contribution in [2.24, 2.45) is 0 Å². The molecule has 18 heavy (non-hydrogen) atoms. The Morgan fingerprint density at radius 3 is 2.17 bits per heavy atom. The number of benzene rings is 1. The lowest BCUT2D eigenvalue weighted by Gasteiger charge is -2.25. The molecule has 0 aromatic heterocycles. The lowest BCUT2D eigenvalue weighted by Crippen LogP contribution is -2.39. The van der Waals surface area contributed by atoms with Gasteiger partial charge in [-0.2, -0.15) is 13.2 Å². The SMILES string of the molecule is O=C(C(c1ccccc1)C(F)(F)F)N1CCCC1. The summed E-state index contributed by atoms with van der Waals surface area (Å²) < 4.78 is 39.2. The van der Waals surface area contributed by atoms with Gasteiger partial charge in [0.25, 0.3) is 0 Å². The predicted molar refractivity (Wildman–Crippen MR) is 61.1 cm³/mol. The van der Waals surface area contributed by atoms with Gasteiger partial charge in [0.05, 0.1) is 0 Å². The van der Waals surface area contributed by atoms with Gasteiger partial charge in [-0.25, -0.2) is 0 Å². The Kier molecular flexibility index (Phi) is 3.59. The lowest BCUT2D eigenvalue weighted by molar-refractivity contribution is -0.171. The number of halogens is 3. The standard InChI is InChI=1S/C13H14F3NO/c14-13(15,16)11(10-6-2-1-3-7-10)12(18)17-8-4-5-9-17/h1-3,6-7,11H,4-5,8-9H2. The summed E-state index contributed by atoms with van der Waals surface area (Å²) in [5.74, 6) is -2.86. The van der Waals surface area contributed by atoms with Crippen molar-refractivity contribution < 1.29 is 18.0 Å². The van der Waals surface area contributed by atoms with E-state index in [1.165, 1.54) is 29.2 Å². The van der Waals surface area contributed by atoms with E-state index in [4.69, 9.17) is 0 Å². The zero-order valence-corrected chi connectivity index (χ0v) is 9.78. The van der Waals surface area contributed by atoms with Crippen molar-refractivity contribution in [3.05, 3.63) is 35.9 Å². The van der Waals surface area contributed by atoms with Gasteiger partial charge >= 0.3 is 6.18 Å². The Balaban J connectivity index is 2.29. The first kappa shape index (κ1) is 12.9. The fourth-order valence-electron chi connectivity index (χ4n) is 2.24. The molecule has 1 amide bonds. The largest absolute Gasteiger partial charge is 0.404 e. The molecule has 1 heterocycles. The van der Waals surface area contributed by atoms with E-state index in [0.717, 1.165) is 12.8 Å². The van der Waals surface area contributed by atoms with Gasteiger partial charge in [-0.15, -0.1) is 0 Å². The van der Waals surface area contributed by atoms with E-state index < -0.39 is 18.0 Å². The number of carbonyl (C=O) groups excluding carboxylic acids is 1. The molecule has 98 valence electrons. The van der Waals surface area contributed by atoms with Gasteiger partial charge in [-0.3, -0.25) is 4.79 Å². The van der Waals surface area contributed by atoms with Gasteiger partial charge < -0.3 is 4.90 Å². The molecule has 0 saturated carbocycles. The topological polar surface area (TPSA) is 20.3 Å². The van der Waals surface area contributed by atoms with Crippen LogP contribution in [0.2, 0.25) is 0 Å². The summed E-state index contributed by atoms with van der Waals surface area (Å²) >= 11 is 0. The van der Waals surface area contributed by atoms with E-state index in [1.54, 1.807) is 6.07 Å². The quantitative estimate of drug-likeness (QED) is 0.797. The molecule has 0 radical (unpaired) electrons. The highest BCUT2D eigenvalue weighted by molar-refractivity contribution is 5.84. The highest BCUT2D eigenvalue weighted by Gasteiger charge is 2.47. The van der Waals surface area contributed by atoms with E-state index >= 15 is 0 Å². The van der Waals surface area contributed by atoms with Crippen LogP contribution in [0.15, 0.2) is 30.3 Å². The second-order valence-corrected chi connectivity index (χ2v) is 4.42. The average Bonchev–Trinajstić information content (AvgIpc) is 2.82. The molecule has 5 heteroatoms. The lowest BCUT2D eigenvalue weighted by atomic mass is 9.97. The van der Waals surface area contributed by atoms with Gasteiger partial charge in [-0.05, 0) is 18.4 Å². The van der Waals surface area contributed by atoms with Gasteiger partial charge in [0.1, 0.15) is 0 Å². The van der Waals surface area contributed by atoms with Crippen molar-refractivity contribution in [2.75, 3.05) is 13.1 Å². The normalized spacial score (nSPS) is 17.8. The van der Waals surface area contributed by atoms with Gasteiger partial charge in [-0.1, -0.05) is 30.3 Å². The number of carbonyl (C=O) groups is 1. The fourth-order valence-corrected chi connectivity index (χ4v) is 2.24. The smallest absolute Gasteiger partial charge is 0.342 e. The van der Waals surface area contributed by atoms with Gasteiger partial charge in [0, 0.05) is 13.1 Å². The number of rotatable bonds is 2. The van der Waals surface area contributed by atoms with E-state index in [0.29, 0.717) is 13.1 Å². The third kappa shape index (κ3) is 2.66. The molecule has 1 aromatic rings. The molecule has 1 aliphatic rings. The first-order valence-corrected chi connectivity index (χ1v) is 5.90. The van der Waals surface area contributed by atoms with Crippen LogP contribution in [0.3, 0.4) is 0 Å². The maximum Gasteiger partial charge on any atom is 0.404 e. The second-order valence-electron chi connectivity index (χ2n) is 4.42. The molecule has 2 rings (SSSR count). The third-order valence-electron chi connectivity index (χ3n) is 3.12. The number of hydrogen-bond donors (Lipinski definition) is 0. The molecule has 0 spiro atoms. The van der Waals surface area contributed by atoms with E-state index in [2.05, 4.69) is 0 Å². The number of hydrogen-bond acceptors (Lipinski definition) is 1. The zero-order valence-electron chi connectivity index (χ0n) is 9.78. The van der Waals surface area contributed by atoms with Crippen molar-refractivity contribution in [3.8, 4) is 0 Å². The van der Waals surface area contributed by atoms with Crippen LogP contribution in [-0.4, -0.2) is 30.1 Å². The maximum atomic E-state index is 13.1. The minimum absolute atomic E-state index is 0.0156. The van der Waals surface area contributed by atoms with Crippen molar-refractivity contribution >= 4 is 5.91 Å². The minimum Gasteiger partial charge on any atom is -0.342 e. The van der Waals surface area contributed by atoms with E-state index in [9.17, 15) is 18.0 Å². The summed E-state index contributed by atoms with van der Waals surface area (Å²) in [6.07, 6.45) is -2.97. The zero-order chi connectivity index (χ0) is 13.2. The molecule has 0 bridgehead atoms. The Bertz CT molecular complexity index is 410. The van der Waals surface area contributed by atoms with Crippen molar-refractivity contribution in [1.29, 1.82) is 0 Å². The minimum atomic E-state index is -4.54. The summed E-state index contributed by atoms with van der Waals surface area (Å²) in [6, 6.07) is 7.38. The molecule has 1 atom stereocenters. The fraction of sp³-hybridized carbons (Fsp3) is 0.462. The Labute approximate surface area is 103 Å². The highest BCUT2D eigenvalue weighted by Crippen LogP contribution is 2.36. The number of likely N-dealkylation sites (tertiary alicyclic amines) is 1. The molecule has 1 aliphatic heterocycles. The van der Waals surface area contributed by atoms with Crippen molar-refractivity contribution in [2.45, 2.75) is 24.9 Å². The highest BCUT2D eigenvalue weighted by atomic mass is 19.4. The van der Waals surface area contributed by atoms with Crippen LogP contribution in [-0.2, 0) is 4.79 Å². The van der Waals surface area contributed by atoms with Crippen LogP contribution >= 0.6 is 0 Å². The van der Waals surface area contributed by atoms with Crippen LogP contribution in [0, 0.1) is 0 Å². The summed E-state index contributed by atoms with van der Waals surface area (Å²) in [5.41, 5.74) is 0.0156.